The summed E-state index contributed by atoms with van der Waals surface area (Å²) in [6.45, 7) is 1.54. The van der Waals surface area contributed by atoms with Crippen LogP contribution < -0.4 is 15.6 Å². The summed E-state index contributed by atoms with van der Waals surface area (Å²) in [5.74, 6) is 0.943. The third-order valence-electron chi connectivity index (χ3n) is 3.89. The molecule has 120 valence electrons. The molecule has 2 N–H and O–H groups in total. The summed E-state index contributed by atoms with van der Waals surface area (Å²) in [5, 5.41) is 0. The molecule has 0 aromatic heterocycles. The van der Waals surface area contributed by atoms with E-state index in [1.54, 1.807) is 7.11 Å². The number of fused-ring (bicyclic) bond motifs is 1. The molecular weight excluding hydrogens is 288 g/mol. The Bertz CT molecular complexity index is 507. The molecule has 7 nitrogen and oxygen atoms in total. The Morgan fingerprint density at radius 3 is 2.91 bits per heavy atom. The summed E-state index contributed by atoms with van der Waals surface area (Å²) >= 11 is 0. The molecule has 0 spiro atoms. The van der Waals surface area contributed by atoms with Gasteiger partial charge in [-0.05, 0) is 24.1 Å². The van der Waals surface area contributed by atoms with Crippen LogP contribution in [0.25, 0.3) is 0 Å². The molecule has 2 aliphatic rings. The normalized spacial score (nSPS) is 26.5. The summed E-state index contributed by atoms with van der Waals surface area (Å²) in [4.78, 5) is 11.8. The first-order valence-electron chi connectivity index (χ1n) is 7.32. The van der Waals surface area contributed by atoms with Gasteiger partial charge in [0.2, 0.25) is 0 Å². The maximum atomic E-state index is 11.8. The molecule has 3 atom stereocenters. The van der Waals surface area contributed by atoms with Crippen LogP contribution in [0, 0.1) is 5.92 Å². The number of rotatable bonds is 5. The van der Waals surface area contributed by atoms with E-state index in [9.17, 15) is 4.79 Å². The Kier molecular flexibility index (Phi) is 4.77. The molecule has 1 amide bonds. The fourth-order valence-corrected chi connectivity index (χ4v) is 2.68. The molecule has 0 saturated carbocycles. The van der Waals surface area contributed by atoms with Crippen LogP contribution in [-0.2, 0) is 20.8 Å². The van der Waals surface area contributed by atoms with Gasteiger partial charge in [-0.1, -0.05) is 12.1 Å². The zero-order valence-corrected chi connectivity index (χ0v) is 12.4. The molecule has 2 heterocycles. The largest absolute Gasteiger partial charge is 0.497 e. The monoisotopic (exact) mass is 308 g/mol. The summed E-state index contributed by atoms with van der Waals surface area (Å²) in [5.41, 5.74) is 6.39. The second kappa shape index (κ2) is 6.95. The molecule has 0 aliphatic carbocycles. The van der Waals surface area contributed by atoms with Crippen molar-refractivity contribution in [2.45, 2.75) is 25.4 Å². The number of methoxy groups -OCH3 is 1. The van der Waals surface area contributed by atoms with E-state index < -0.39 is 6.09 Å². The van der Waals surface area contributed by atoms with E-state index in [0.29, 0.717) is 19.8 Å². The lowest BCUT2D eigenvalue weighted by atomic mass is 10.0. The molecule has 2 fully saturated rings. The first kappa shape index (κ1) is 15.1. The molecule has 22 heavy (non-hydrogen) atoms. The smallest absolute Gasteiger partial charge is 0.421 e. The van der Waals surface area contributed by atoms with Crippen LogP contribution in [0.1, 0.15) is 12.0 Å². The van der Waals surface area contributed by atoms with Crippen molar-refractivity contribution in [3.05, 3.63) is 29.8 Å². The predicted octanol–water partition coefficient (Wildman–Crippen LogP) is 1.19. The quantitative estimate of drug-likeness (QED) is 0.796. The van der Waals surface area contributed by atoms with Gasteiger partial charge in [-0.25, -0.2) is 10.2 Å². The number of nitrogens with one attached hydrogen (secondary N) is 2. The van der Waals surface area contributed by atoms with Crippen LogP contribution in [0.5, 0.6) is 5.75 Å². The van der Waals surface area contributed by atoms with Crippen LogP contribution >= 0.6 is 0 Å². The molecule has 2 aliphatic heterocycles. The lowest BCUT2D eigenvalue weighted by molar-refractivity contribution is -0.0907. The summed E-state index contributed by atoms with van der Waals surface area (Å²) < 4.78 is 21.3. The van der Waals surface area contributed by atoms with E-state index >= 15 is 0 Å². The minimum atomic E-state index is -0.505. The van der Waals surface area contributed by atoms with Gasteiger partial charge in [-0.2, -0.15) is 0 Å². The van der Waals surface area contributed by atoms with Crippen LogP contribution in [0.4, 0.5) is 4.79 Å². The summed E-state index contributed by atoms with van der Waals surface area (Å²) in [6, 6.07) is 7.57. The maximum absolute atomic E-state index is 11.8. The van der Waals surface area contributed by atoms with Crippen molar-refractivity contribution in [1.82, 2.24) is 10.9 Å². The van der Waals surface area contributed by atoms with Crippen molar-refractivity contribution in [1.29, 1.82) is 0 Å². The van der Waals surface area contributed by atoms with Crippen LogP contribution in [0.3, 0.4) is 0 Å². The summed E-state index contributed by atoms with van der Waals surface area (Å²) in [7, 11) is 1.62. The Morgan fingerprint density at radius 2 is 2.14 bits per heavy atom. The highest BCUT2D eigenvalue weighted by atomic mass is 16.7. The highest BCUT2D eigenvalue weighted by Gasteiger charge is 2.43. The summed E-state index contributed by atoms with van der Waals surface area (Å²) in [6.07, 6.45) is -0.1000. The molecule has 3 rings (SSSR count). The molecule has 2 saturated heterocycles. The SMILES string of the molecule is COc1ccc(CNNC(=O)O[C@H]2CO[C@H]3OCC[C@H]32)cc1. The van der Waals surface area contributed by atoms with E-state index in [2.05, 4.69) is 10.9 Å². The number of hydrogen-bond donors (Lipinski definition) is 2. The van der Waals surface area contributed by atoms with E-state index in [1.165, 1.54) is 0 Å². The molecule has 0 unspecified atom stereocenters. The van der Waals surface area contributed by atoms with E-state index in [1.807, 2.05) is 24.3 Å². The zero-order valence-electron chi connectivity index (χ0n) is 12.4. The lowest BCUT2D eigenvalue weighted by Gasteiger charge is -2.16. The Labute approximate surface area is 128 Å². The second-order valence-corrected chi connectivity index (χ2v) is 5.30. The van der Waals surface area contributed by atoms with Gasteiger partial charge >= 0.3 is 6.09 Å². The lowest BCUT2D eigenvalue weighted by Crippen LogP contribution is -2.40. The van der Waals surface area contributed by atoms with Crippen molar-refractivity contribution in [3.63, 3.8) is 0 Å². The van der Waals surface area contributed by atoms with Gasteiger partial charge in [0.05, 0.1) is 26.2 Å². The van der Waals surface area contributed by atoms with Gasteiger partial charge in [0.1, 0.15) is 11.9 Å². The predicted molar refractivity (Wildman–Crippen MR) is 77.0 cm³/mol. The highest BCUT2D eigenvalue weighted by molar-refractivity contribution is 5.66. The highest BCUT2D eigenvalue weighted by Crippen LogP contribution is 2.32. The van der Waals surface area contributed by atoms with Crippen molar-refractivity contribution in [2.24, 2.45) is 5.92 Å². The number of benzene rings is 1. The van der Waals surface area contributed by atoms with Crippen LogP contribution in [-0.4, -0.2) is 38.8 Å². The van der Waals surface area contributed by atoms with Gasteiger partial charge < -0.3 is 18.9 Å². The van der Waals surface area contributed by atoms with Crippen molar-refractivity contribution in [3.8, 4) is 5.75 Å². The second-order valence-electron chi connectivity index (χ2n) is 5.30. The molecule has 7 heteroatoms. The minimum absolute atomic E-state index is 0.146. The molecule has 1 aromatic carbocycles. The number of hydrazine groups is 1. The van der Waals surface area contributed by atoms with Crippen molar-refractivity contribution in [2.75, 3.05) is 20.3 Å². The Balaban J connectivity index is 1.39. The molecule has 0 radical (unpaired) electrons. The fraction of sp³-hybridized carbons (Fsp3) is 0.533. The average molecular weight is 308 g/mol. The van der Waals surface area contributed by atoms with Crippen LogP contribution in [0.2, 0.25) is 0 Å². The number of hydrogen-bond acceptors (Lipinski definition) is 6. The number of amides is 1. The van der Waals surface area contributed by atoms with Gasteiger partial charge in [-0.15, -0.1) is 0 Å². The zero-order chi connectivity index (χ0) is 15.4. The number of ether oxygens (including phenoxy) is 4. The molecular formula is C15H20N2O5. The standard InChI is InChI=1S/C15H20N2O5/c1-19-11-4-2-10(3-5-11)8-16-17-15(18)22-13-9-21-14-12(13)6-7-20-14/h2-5,12-14,16H,6-9H2,1H3,(H,17,18)/t12-,13-,14+/m0/s1. The van der Waals surface area contributed by atoms with Gasteiger partial charge in [0.15, 0.2) is 6.29 Å². The molecule has 0 bridgehead atoms. The Hall–Kier alpha value is -1.83. The topological polar surface area (TPSA) is 78.1 Å². The Morgan fingerprint density at radius 1 is 1.32 bits per heavy atom. The maximum Gasteiger partial charge on any atom is 0.421 e. The van der Waals surface area contributed by atoms with Gasteiger partial charge in [-0.3, -0.25) is 5.43 Å². The van der Waals surface area contributed by atoms with E-state index in [0.717, 1.165) is 17.7 Å². The van der Waals surface area contributed by atoms with Crippen LogP contribution in [0.15, 0.2) is 24.3 Å². The first-order valence-corrected chi connectivity index (χ1v) is 7.32. The van der Waals surface area contributed by atoms with Gasteiger partial charge in [0, 0.05) is 6.54 Å². The van der Waals surface area contributed by atoms with E-state index in [4.69, 9.17) is 18.9 Å². The van der Waals surface area contributed by atoms with Crippen molar-refractivity contribution >= 4 is 6.09 Å². The third kappa shape index (κ3) is 3.49. The van der Waals surface area contributed by atoms with E-state index in [-0.39, 0.29) is 18.3 Å². The number of carbonyl (C=O) groups excluding carboxylic acids is 1. The van der Waals surface area contributed by atoms with Crippen molar-refractivity contribution < 1.29 is 23.7 Å². The van der Waals surface area contributed by atoms with Gasteiger partial charge in [0.25, 0.3) is 0 Å². The fourth-order valence-electron chi connectivity index (χ4n) is 2.68. The third-order valence-corrected chi connectivity index (χ3v) is 3.89. The molecule has 1 aromatic rings. The first-order chi connectivity index (χ1) is 10.8. The average Bonchev–Trinajstić information content (AvgIpc) is 3.13. The minimum Gasteiger partial charge on any atom is -0.497 e. The number of carbonyl (C=O) groups is 1.